The molecule has 0 radical (unpaired) electrons. The Hall–Kier alpha value is -2.80. The Morgan fingerprint density at radius 1 is 1.50 bits per heavy atom. The number of hydrogen-bond acceptors (Lipinski definition) is 3. The number of ether oxygens (including phenoxy) is 1. The van der Waals surface area contributed by atoms with Crippen LogP contribution in [0.1, 0.15) is 5.56 Å². The Balaban J connectivity index is 2.22. The molecule has 0 aliphatic carbocycles. The zero-order valence-corrected chi connectivity index (χ0v) is 10.9. The van der Waals surface area contributed by atoms with Gasteiger partial charge in [0.15, 0.2) is 0 Å². The second-order valence-corrected chi connectivity index (χ2v) is 4.21. The molecule has 1 heterocycles. The van der Waals surface area contributed by atoms with Gasteiger partial charge in [0.25, 0.3) is 5.91 Å². The van der Waals surface area contributed by atoms with Crippen LogP contribution in [0.15, 0.2) is 54.1 Å². The molecule has 1 aliphatic heterocycles. The lowest BCUT2D eigenvalue weighted by molar-refractivity contribution is -0.116. The zero-order chi connectivity index (χ0) is 14.4. The van der Waals surface area contributed by atoms with Crippen molar-refractivity contribution in [1.82, 2.24) is 5.32 Å². The molecule has 4 nitrogen and oxygen atoms in total. The van der Waals surface area contributed by atoms with Crippen molar-refractivity contribution in [2.45, 2.75) is 0 Å². The van der Waals surface area contributed by atoms with Gasteiger partial charge >= 0.3 is 0 Å². The van der Waals surface area contributed by atoms with Crippen LogP contribution in [0.5, 0.6) is 5.75 Å². The van der Waals surface area contributed by atoms with Gasteiger partial charge in [0.2, 0.25) is 0 Å². The Kier molecular flexibility index (Phi) is 4.35. The van der Waals surface area contributed by atoms with Gasteiger partial charge in [-0.05, 0) is 23.8 Å². The van der Waals surface area contributed by atoms with Gasteiger partial charge in [-0.25, -0.2) is 0 Å². The third-order valence-electron chi connectivity index (χ3n) is 2.76. The van der Waals surface area contributed by atoms with E-state index in [1.165, 1.54) is 0 Å². The molecule has 20 heavy (non-hydrogen) atoms. The molecule has 0 atom stereocenters. The number of carbonyl (C=O) groups is 1. The van der Waals surface area contributed by atoms with Crippen molar-refractivity contribution >= 4 is 12.0 Å². The summed E-state index contributed by atoms with van der Waals surface area (Å²) < 4.78 is 5.57. The van der Waals surface area contributed by atoms with Crippen LogP contribution in [0.25, 0.3) is 6.08 Å². The number of fused-ring (bicyclic) bond motifs is 1. The number of para-hydroxylation sites is 1. The average molecular weight is 266 g/mol. The molecule has 0 spiro atoms. The molecular weight excluding hydrogens is 252 g/mol. The van der Waals surface area contributed by atoms with Gasteiger partial charge < -0.3 is 10.1 Å². The van der Waals surface area contributed by atoms with Gasteiger partial charge in [0.1, 0.15) is 24.0 Å². The molecular formula is C16H14N2O2. The molecule has 0 fully saturated rings. The van der Waals surface area contributed by atoms with Crippen molar-refractivity contribution < 1.29 is 9.53 Å². The van der Waals surface area contributed by atoms with Crippen molar-refractivity contribution in [1.29, 1.82) is 5.26 Å². The summed E-state index contributed by atoms with van der Waals surface area (Å²) in [4.78, 5) is 11.7. The van der Waals surface area contributed by atoms with E-state index in [1.54, 1.807) is 12.2 Å². The van der Waals surface area contributed by atoms with E-state index in [0.717, 1.165) is 16.9 Å². The van der Waals surface area contributed by atoms with Crippen molar-refractivity contribution in [3.63, 3.8) is 0 Å². The summed E-state index contributed by atoms with van der Waals surface area (Å²) in [6.07, 6.45) is 5.03. The first-order chi connectivity index (χ1) is 9.74. The molecule has 0 saturated carbocycles. The summed E-state index contributed by atoms with van der Waals surface area (Å²) in [5.74, 6) is 0.395. The first-order valence-electron chi connectivity index (χ1n) is 6.18. The van der Waals surface area contributed by atoms with E-state index < -0.39 is 5.91 Å². The lowest BCUT2D eigenvalue weighted by Gasteiger charge is -2.15. The second kappa shape index (κ2) is 6.39. The van der Waals surface area contributed by atoms with E-state index >= 15 is 0 Å². The normalized spacial score (nSPS) is 13.3. The van der Waals surface area contributed by atoms with Crippen LogP contribution in [0.2, 0.25) is 0 Å². The molecule has 0 aromatic heterocycles. The summed E-state index contributed by atoms with van der Waals surface area (Å²) in [6.45, 7) is 4.18. The number of amides is 1. The number of nitrogens with one attached hydrogen (secondary N) is 1. The Bertz CT molecular complexity index is 636. The topological polar surface area (TPSA) is 62.1 Å². The van der Waals surface area contributed by atoms with E-state index in [1.807, 2.05) is 36.4 Å². The number of nitriles is 1. The molecule has 4 heteroatoms. The number of rotatable bonds is 4. The minimum absolute atomic E-state index is 0.0566. The van der Waals surface area contributed by atoms with Gasteiger partial charge in [-0.3, -0.25) is 4.79 Å². The first-order valence-corrected chi connectivity index (χ1v) is 6.18. The Morgan fingerprint density at radius 2 is 2.30 bits per heavy atom. The third kappa shape index (κ3) is 3.15. The lowest BCUT2D eigenvalue weighted by Crippen LogP contribution is -2.24. The molecule has 1 amide bonds. The molecule has 1 aromatic rings. The highest BCUT2D eigenvalue weighted by molar-refractivity contribution is 5.98. The number of carbonyl (C=O) groups excluding carboxylic acids is 1. The quantitative estimate of drug-likeness (QED) is 0.516. The van der Waals surface area contributed by atoms with E-state index in [2.05, 4.69) is 11.9 Å². The Morgan fingerprint density at radius 3 is 3.05 bits per heavy atom. The summed E-state index contributed by atoms with van der Waals surface area (Å²) in [6, 6.07) is 9.52. The lowest BCUT2D eigenvalue weighted by atomic mass is 10.1. The van der Waals surface area contributed by atoms with Crippen molar-refractivity contribution in [2.75, 3.05) is 13.2 Å². The van der Waals surface area contributed by atoms with Gasteiger partial charge in [0, 0.05) is 12.1 Å². The van der Waals surface area contributed by atoms with E-state index in [0.29, 0.717) is 13.2 Å². The maximum atomic E-state index is 11.7. The van der Waals surface area contributed by atoms with Crippen molar-refractivity contribution in [2.24, 2.45) is 0 Å². The number of benzene rings is 1. The molecule has 1 aromatic carbocycles. The smallest absolute Gasteiger partial charge is 0.262 e. The van der Waals surface area contributed by atoms with E-state index in [-0.39, 0.29) is 5.57 Å². The summed E-state index contributed by atoms with van der Waals surface area (Å²) in [5.41, 5.74) is 1.78. The number of nitrogens with zero attached hydrogens (tertiary/aromatic N) is 1. The molecule has 0 bridgehead atoms. The maximum absolute atomic E-state index is 11.7. The monoisotopic (exact) mass is 266 g/mol. The molecule has 2 rings (SSSR count). The highest BCUT2D eigenvalue weighted by Crippen LogP contribution is 2.26. The van der Waals surface area contributed by atoms with Crippen molar-refractivity contribution in [3.8, 4) is 11.8 Å². The summed E-state index contributed by atoms with van der Waals surface area (Å²) >= 11 is 0. The Labute approximate surface area is 117 Å². The molecule has 1 N–H and O–H groups in total. The van der Waals surface area contributed by atoms with Gasteiger partial charge in [-0.2, -0.15) is 5.26 Å². The highest BCUT2D eigenvalue weighted by atomic mass is 16.5. The van der Waals surface area contributed by atoms with Crippen LogP contribution in [0.4, 0.5) is 0 Å². The fraction of sp³-hybridized carbons (Fsp3) is 0.125. The maximum Gasteiger partial charge on any atom is 0.262 e. The van der Waals surface area contributed by atoms with E-state index in [4.69, 9.17) is 10.00 Å². The van der Waals surface area contributed by atoms with Crippen molar-refractivity contribution in [3.05, 3.63) is 59.7 Å². The van der Waals surface area contributed by atoms with Gasteiger partial charge in [-0.1, -0.05) is 24.3 Å². The molecule has 0 unspecified atom stereocenters. The van der Waals surface area contributed by atoms with Crippen LogP contribution in [-0.2, 0) is 4.79 Å². The SMILES string of the molecule is C=CCNC(=O)/C(C#N)=C/C1=Cc2ccccc2OC1. The van der Waals surface area contributed by atoms with Crippen LogP contribution in [0.3, 0.4) is 0 Å². The zero-order valence-electron chi connectivity index (χ0n) is 10.9. The highest BCUT2D eigenvalue weighted by Gasteiger charge is 2.12. The fourth-order valence-electron chi connectivity index (χ4n) is 1.81. The average Bonchev–Trinajstić information content (AvgIpc) is 2.50. The second-order valence-electron chi connectivity index (χ2n) is 4.21. The predicted molar refractivity (Wildman–Crippen MR) is 76.8 cm³/mol. The summed E-state index contributed by atoms with van der Waals surface area (Å²) in [5, 5.41) is 11.6. The molecule has 1 aliphatic rings. The summed E-state index contributed by atoms with van der Waals surface area (Å²) in [7, 11) is 0. The molecule has 100 valence electrons. The van der Waals surface area contributed by atoms with Crippen LogP contribution < -0.4 is 10.1 Å². The van der Waals surface area contributed by atoms with Gasteiger partial charge in [0.05, 0.1) is 0 Å². The predicted octanol–water partition coefficient (Wildman–Crippen LogP) is 2.21. The largest absolute Gasteiger partial charge is 0.488 e. The standard InChI is InChI=1S/C16H14N2O2/c1-2-7-18-16(19)14(10-17)9-12-8-13-5-3-4-6-15(13)20-11-12/h2-6,8-9H,1,7,11H2,(H,18,19)/b14-9+. The van der Waals surface area contributed by atoms with Gasteiger partial charge in [-0.15, -0.1) is 6.58 Å². The fourth-order valence-corrected chi connectivity index (χ4v) is 1.81. The van der Waals surface area contributed by atoms with E-state index in [9.17, 15) is 4.79 Å². The minimum Gasteiger partial charge on any atom is -0.488 e. The van der Waals surface area contributed by atoms with Crippen LogP contribution >= 0.6 is 0 Å². The molecule has 0 saturated heterocycles. The third-order valence-corrected chi connectivity index (χ3v) is 2.76. The minimum atomic E-state index is -0.410. The first kappa shape index (κ1) is 13.6. The van der Waals surface area contributed by atoms with Crippen LogP contribution in [0, 0.1) is 11.3 Å². The number of hydrogen-bond donors (Lipinski definition) is 1. The van der Waals surface area contributed by atoms with Crippen LogP contribution in [-0.4, -0.2) is 19.1 Å².